The molecule has 1 aromatic rings. The van der Waals surface area contributed by atoms with Crippen molar-refractivity contribution in [3.63, 3.8) is 0 Å². The van der Waals surface area contributed by atoms with Crippen molar-refractivity contribution >= 4 is 5.82 Å². The SMILES string of the molecule is CNc1nc(C2CC2)nc(OCCOC)c1C. The molecule has 1 saturated carbocycles. The summed E-state index contributed by atoms with van der Waals surface area (Å²) in [5, 5.41) is 3.09. The van der Waals surface area contributed by atoms with Gasteiger partial charge < -0.3 is 14.8 Å². The van der Waals surface area contributed by atoms with E-state index in [1.807, 2.05) is 14.0 Å². The topological polar surface area (TPSA) is 56.3 Å². The molecule has 0 aromatic carbocycles. The Labute approximate surface area is 102 Å². The molecule has 1 fully saturated rings. The fourth-order valence-corrected chi connectivity index (χ4v) is 1.64. The highest BCUT2D eigenvalue weighted by molar-refractivity contribution is 5.48. The van der Waals surface area contributed by atoms with Crippen molar-refractivity contribution in [2.75, 3.05) is 32.7 Å². The van der Waals surface area contributed by atoms with E-state index >= 15 is 0 Å². The van der Waals surface area contributed by atoms with Crippen LogP contribution in [0.3, 0.4) is 0 Å². The third-order valence-electron chi connectivity index (χ3n) is 2.82. The molecule has 0 radical (unpaired) electrons. The lowest BCUT2D eigenvalue weighted by Gasteiger charge is -2.12. The summed E-state index contributed by atoms with van der Waals surface area (Å²) in [6.45, 7) is 3.04. The standard InChI is InChI=1S/C12H19N3O2/c1-8-10(13-2)14-11(9-4-5-9)15-12(8)17-7-6-16-3/h9H,4-7H2,1-3H3,(H,13,14,15). The molecule has 0 spiro atoms. The highest BCUT2D eigenvalue weighted by Crippen LogP contribution is 2.39. The Morgan fingerprint density at radius 3 is 2.65 bits per heavy atom. The first kappa shape index (κ1) is 12.1. The molecule has 0 unspecified atom stereocenters. The van der Waals surface area contributed by atoms with Crippen LogP contribution in [0.5, 0.6) is 5.88 Å². The summed E-state index contributed by atoms with van der Waals surface area (Å²) in [5.74, 6) is 2.94. The lowest BCUT2D eigenvalue weighted by Crippen LogP contribution is -2.10. The van der Waals surface area contributed by atoms with Gasteiger partial charge in [0.25, 0.3) is 0 Å². The number of rotatable bonds is 6. The quantitative estimate of drug-likeness (QED) is 0.764. The number of methoxy groups -OCH3 is 1. The van der Waals surface area contributed by atoms with Gasteiger partial charge in [0.1, 0.15) is 18.2 Å². The van der Waals surface area contributed by atoms with E-state index < -0.39 is 0 Å². The average Bonchev–Trinajstić information content (AvgIpc) is 3.15. The zero-order valence-corrected chi connectivity index (χ0v) is 10.6. The smallest absolute Gasteiger partial charge is 0.221 e. The van der Waals surface area contributed by atoms with Gasteiger partial charge in [0, 0.05) is 20.1 Å². The average molecular weight is 237 g/mol. The fourth-order valence-electron chi connectivity index (χ4n) is 1.64. The van der Waals surface area contributed by atoms with Crippen molar-refractivity contribution in [2.24, 2.45) is 0 Å². The summed E-state index contributed by atoms with van der Waals surface area (Å²) in [5.41, 5.74) is 0.952. The zero-order chi connectivity index (χ0) is 12.3. The number of nitrogens with one attached hydrogen (secondary N) is 1. The van der Waals surface area contributed by atoms with Gasteiger partial charge in [-0.3, -0.25) is 0 Å². The third kappa shape index (κ3) is 2.85. The number of nitrogens with zero attached hydrogens (tertiary/aromatic N) is 2. The predicted octanol–water partition coefficient (Wildman–Crippen LogP) is 1.73. The number of hydrogen-bond donors (Lipinski definition) is 1. The van der Waals surface area contributed by atoms with Crippen LogP contribution in [0.2, 0.25) is 0 Å². The van der Waals surface area contributed by atoms with E-state index in [1.54, 1.807) is 7.11 Å². The van der Waals surface area contributed by atoms with Crippen molar-refractivity contribution in [3.8, 4) is 5.88 Å². The third-order valence-corrected chi connectivity index (χ3v) is 2.82. The fraction of sp³-hybridized carbons (Fsp3) is 0.667. The van der Waals surface area contributed by atoms with Gasteiger partial charge in [0.05, 0.1) is 12.2 Å². The lowest BCUT2D eigenvalue weighted by molar-refractivity contribution is 0.143. The van der Waals surface area contributed by atoms with Crippen LogP contribution in [0.1, 0.15) is 30.1 Å². The molecule has 0 atom stereocenters. The van der Waals surface area contributed by atoms with Crippen LogP contribution in [-0.4, -0.2) is 37.3 Å². The first-order valence-corrected chi connectivity index (χ1v) is 5.94. The molecule has 1 aliphatic carbocycles. The maximum atomic E-state index is 5.62. The Morgan fingerprint density at radius 2 is 2.06 bits per heavy atom. The van der Waals surface area contributed by atoms with E-state index in [9.17, 15) is 0 Å². The molecule has 0 saturated heterocycles. The number of hydrogen-bond acceptors (Lipinski definition) is 5. The van der Waals surface area contributed by atoms with E-state index in [0.29, 0.717) is 25.0 Å². The summed E-state index contributed by atoms with van der Waals surface area (Å²) in [6, 6.07) is 0. The minimum atomic E-state index is 0.515. The largest absolute Gasteiger partial charge is 0.475 e. The van der Waals surface area contributed by atoms with Crippen molar-refractivity contribution in [2.45, 2.75) is 25.7 Å². The van der Waals surface area contributed by atoms with E-state index in [-0.39, 0.29) is 0 Å². The molecule has 1 heterocycles. The van der Waals surface area contributed by atoms with E-state index in [2.05, 4.69) is 15.3 Å². The maximum Gasteiger partial charge on any atom is 0.221 e. The van der Waals surface area contributed by atoms with Crippen molar-refractivity contribution in [1.29, 1.82) is 0 Å². The molecule has 1 aliphatic rings. The van der Waals surface area contributed by atoms with Gasteiger partial charge in [-0.05, 0) is 19.8 Å². The first-order valence-electron chi connectivity index (χ1n) is 5.94. The molecule has 0 amide bonds. The van der Waals surface area contributed by atoms with Gasteiger partial charge in [0.15, 0.2) is 0 Å². The summed E-state index contributed by atoms with van der Waals surface area (Å²) >= 11 is 0. The van der Waals surface area contributed by atoms with Crippen LogP contribution < -0.4 is 10.1 Å². The first-order chi connectivity index (χ1) is 8.26. The summed E-state index contributed by atoms with van der Waals surface area (Å²) in [4.78, 5) is 8.99. The Morgan fingerprint density at radius 1 is 1.29 bits per heavy atom. The van der Waals surface area contributed by atoms with Crippen LogP contribution in [0, 0.1) is 6.92 Å². The molecule has 94 valence electrons. The minimum absolute atomic E-state index is 0.515. The normalized spacial score (nSPS) is 14.8. The predicted molar refractivity (Wildman–Crippen MR) is 65.7 cm³/mol. The molecule has 0 bridgehead atoms. The highest BCUT2D eigenvalue weighted by Gasteiger charge is 2.28. The monoisotopic (exact) mass is 237 g/mol. The molecule has 5 nitrogen and oxygen atoms in total. The molecular formula is C12H19N3O2. The Bertz CT molecular complexity index is 392. The van der Waals surface area contributed by atoms with Crippen LogP contribution in [0.25, 0.3) is 0 Å². The Kier molecular flexibility index (Phi) is 3.78. The van der Waals surface area contributed by atoms with Crippen molar-refractivity contribution in [3.05, 3.63) is 11.4 Å². The van der Waals surface area contributed by atoms with Crippen LogP contribution in [-0.2, 0) is 4.74 Å². The molecule has 5 heteroatoms. The Balaban J connectivity index is 2.18. The molecule has 17 heavy (non-hydrogen) atoms. The summed E-state index contributed by atoms with van der Waals surface area (Å²) in [6.07, 6.45) is 2.37. The number of ether oxygens (including phenoxy) is 2. The maximum absolute atomic E-state index is 5.62. The van der Waals surface area contributed by atoms with Gasteiger partial charge >= 0.3 is 0 Å². The van der Waals surface area contributed by atoms with E-state index in [4.69, 9.17) is 9.47 Å². The second kappa shape index (κ2) is 5.31. The van der Waals surface area contributed by atoms with Crippen molar-refractivity contribution in [1.82, 2.24) is 9.97 Å². The Hall–Kier alpha value is -1.36. The van der Waals surface area contributed by atoms with E-state index in [0.717, 1.165) is 17.2 Å². The zero-order valence-electron chi connectivity index (χ0n) is 10.6. The second-order valence-corrected chi connectivity index (χ2v) is 4.23. The summed E-state index contributed by atoms with van der Waals surface area (Å²) in [7, 11) is 3.52. The van der Waals surface area contributed by atoms with Gasteiger partial charge in [-0.2, -0.15) is 4.98 Å². The van der Waals surface area contributed by atoms with Gasteiger partial charge in [-0.1, -0.05) is 0 Å². The number of aromatic nitrogens is 2. The molecule has 0 aliphatic heterocycles. The number of anilines is 1. The minimum Gasteiger partial charge on any atom is -0.475 e. The van der Waals surface area contributed by atoms with Crippen LogP contribution in [0.15, 0.2) is 0 Å². The molecule has 1 N–H and O–H groups in total. The van der Waals surface area contributed by atoms with Crippen LogP contribution in [0.4, 0.5) is 5.82 Å². The van der Waals surface area contributed by atoms with Gasteiger partial charge in [-0.25, -0.2) is 4.98 Å². The van der Waals surface area contributed by atoms with Crippen molar-refractivity contribution < 1.29 is 9.47 Å². The lowest BCUT2D eigenvalue weighted by atomic mass is 10.3. The highest BCUT2D eigenvalue weighted by atomic mass is 16.5. The molecular weight excluding hydrogens is 218 g/mol. The van der Waals surface area contributed by atoms with Crippen LogP contribution >= 0.6 is 0 Å². The second-order valence-electron chi connectivity index (χ2n) is 4.23. The summed E-state index contributed by atoms with van der Waals surface area (Å²) < 4.78 is 10.6. The molecule has 1 aromatic heterocycles. The van der Waals surface area contributed by atoms with Gasteiger partial charge in [-0.15, -0.1) is 0 Å². The van der Waals surface area contributed by atoms with E-state index in [1.165, 1.54) is 12.8 Å². The molecule has 2 rings (SSSR count). The van der Waals surface area contributed by atoms with Gasteiger partial charge in [0.2, 0.25) is 5.88 Å².